The van der Waals surface area contributed by atoms with Crippen molar-refractivity contribution < 1.29 is 4.79 Å². The van der Waals surface area contributed by atoms with Gasteiger partial charge in [-0.1, -0.05) is 29.3 Å². The Morgan fingerprint density at radius 2 is 1.88 bits per heavy atom. The minimum absolute atomic E-state index is 0.173. The van der Waals surface area contributed by atoms with Gasteiger partial charge in [-0.15, -0.1) is 0 Å². The minimum Gasteiger partial charge on any atom is -0.339 e. The number of benzene rings is 1. The molecule has 0 unspecified atom stereocenters. The van der Waals surface area contributed by atoms with Gasteiger partial charge in [0, 0.05) is 23.1 Å². The van der Waals surface area contributed by atoms with Gasteiger partial charge in [-0.2, -0.15) is 0 Å². The summed E-state index contributed by atoms with van der Waals surface area (Å²) in [5.41, 5.74) is 0.795. The summed E-state index contributed by atoms with van der Waals surface area (Å²) < 4.78 is 1.01. The van der Waals surface area contributed by atoms with Crippen LogP contribution in [0.2, 0.25) is 0 Å². The van der Waals surface area contributed by atoms with E-state index in [4.69, 9.17) is 0 Å². The maximum absolute atomic E-state index is 12.2. The first-order valence-electron chi connectivity index (χ1n) is 6.25. The largest absolute Gasteiger partial charge is 0.339 e. The van der Waals surface area contributed by atoms with Crippen LogP contribution in [0.1, 0.15) is 36.5 Å². The predicted octanol–water partition coefficient (Wildman–Crippen LogP) is 3.71. The van der Waals surface area contributed by atoms with Crippen LogP contribution in [0.15, 0.2) is 28.7 Å². The van der Waals surface area contributed by atoms with E-state index in [9.17, 15) is 4.79 Å². The molecule has 1 aromatic rings. The number of halogens is 1. The van der Waals surface area contributed by atoms with Crippen LogP contribution in [0, 0.1) is 5.92 Å². The normalized spacial score (nSPS) is 17.2. The fourth-order valence-corrected chi connectivity index (χ4v) is 2.58. The van der Waals surface area contributed by atoms with E-state index in [0.717, 1.165) is 41.9 Å². The Morgan fingerprint density at radius 3 is 2.41 bits per heavy atom. The fourth-order valence-electron chi connectivity index (χ4n) is 2.32. The second-order valence-corrected chi connectivity index (χ2v) is 5.57. The lowest BCUT2D eigenvalue weighted by atomic mass is 9.94. The Hall–Kier alpha value is -0.830. The number of rotatable bonds is 2. The molecule has 0 radical (unpaired) electrons. The third kappa shape index (κ3) is 3.09. The van der Waals surface area contributed by atoms with Gasteiger partial charge >= 0.3 is 0 Å². The molecular weight excluding hydrogens is 278 g/mol. The molecule has 1 heterocycles. The van der Waals surface area contributed by atoms with Gasteiger partial charge in [0.15, 0.2) is 0 Å². The lowest BCUT2D eigenvalue weighted by Crippen LogP contribution is -2.38. The first-order valence-corrected chi connectivity index (χ1v) is 7.05. The molecular formula is C14H18BrNO. The van der Waals surface area contributed by atoms with E-state index < -0.39 is 0 Å². The van der Waals surface area contributed by atoms with Crippen LogP contribution in [0.3, 0.4) is 0 Å². The summed E-state index contributed by atoms with van der Waals surface area (Å²) >= 11 is 3.38. The number of piperidine rings is 1. The van der Waals surface area contributed by atoms with E-state index in [1.165, 1.54) is 6.42 Å². The number of hydrogen-bond donors (Lipinski definition) is 0. The molecule has 0 atom stereocenters. The molecule has 1 aromatic carbocycles. The molecule has 2 nitrogen and oxygen atoms in total. The van der Waals surface area contributed by atoms with E-state index in [1.54, 1.807) is 0 Å². The lowest BCUT2D eigenvalue weighted by Gasteiger charge is -2.31. The molecule has 3 heteroatoms. The van der Waals surface area contributed by atoms with Gasteiger partial charge in [0.2, 0.25) is 0 Å². The highest BCUT2D eigenvalue weighted by molar-refractivity contribution is 9.10. The van der Waals surface area contributed by atoms with Crippen molar-refractivity contribution in [3.8, 4) is 0 Å². The number of carbonyl (C=O) groups excluding carboxylic acids is 1. The standard InChI is InChI=1S/C14H18BrNO/c1-2-11-7-9-16(10-8-11)14(17)12-3-5-13(15)6-4-12/h3-6,11H,2,7-10H2,1H3. The first kappa shape index (κ1) is 12.6. The molecule has 1 amide bonds. The summed E-state index contributed by atoms with van der Waals surface area (Å²) in [5, 5.41) is 0. The molecule has 0 aliphatic carbocycles. The molecule has 92 valence electrons. The maximum Gasteiger partial charge on any atom is 0.253 e. The first-order chi connectivity index (χ1) is 8.20. The summed E-state index contributed by atoms with van der Waals surface area (Å²) in [6, 6.07) is 7.62. The van der Waals surface area contributed by atoms with Gasteiger partial charge < -0.3 is 4.90 Å². The molecule has 0 bridgehead atoms. The van der Waals surface area contributed by atoms with Crippen LogP contribution in [0.25, 0.3) is 0 Å². The summed E-state index contributed by atoms with van der Waals surface area (Å²) in [6.07, 6.45) is 3.54. The summed E-state index contributed by atoms with van der Waals surface area (Å²) in [7, 11) is 0. The molecule has 0 aromatic heterocycles. The highest BCUT2D eigenvalue weighted by atomic mass is 79.9. The minimum atomic E-state index is 0.173. The Balaban J connectivity index is 1.99. The van der Waals surface area contributed by atoms with E-state index in [2.05, 4.69) is 22.9 Å². The molecule has 17 heavy (non-hydrogen) atoms. The van der Waals surface area contributed by atoms with Crippen molar-refractivity contribution in [3.05, 3.63) is 34.3 Å². The van der Waals surface area contributed by atoms with Crippen LogP contribution < -0.4 is 0 Å². The van der Waals surface area contributed by atoms with E-state index in [-0.39, 0.29) is 5.91 Å². The average molecular weight is 296 g/mol. The fraction of sp³-hybridized carbons (Fsp3) is 0.500. The predicted molar refractivity (Wildman–Crippen MR) is 73.1 cm³/mol. The lowest BCUT2D eigenvalue weighted by molar-refractivity contribution is 0.0689. The van der Waals surface area contributed by atoms with Crippen molar-refractivity contribution in [2.45, 2.75) is 26.2 Å². The molecule has 1 fully saturated rings. The third-order valence-corrected chi connectivity index (χ3v) is 4.10. The Bertz CT molecular complexity index is 380. The monoisotopic (exact) mass is 295 g/mol. The van der Waals surface area contributed by atoms with Gasteiger partial charge in [0.1, 0.15) is 0 Å². The maximum atomic E-state index is 12.2. The Morgan fingerprint density at radius 1 is 1.29 bits per heavy atom. The van der Waals surface area contributed by atoms with Gasteiger partial charge in [-0.25, -0.2) is 0 Å². The van der Waals surface area contributed by atoms with Crippen molar-refractivity contribution in [2.75, 3.05) is 13.1 Å². The zero-order valence-electron chi connectivity index (χ0n) is 10.2. The van der Waals surface area contributed by atoms with Gasteiger partial charge in [0.25, 0.3) is 5.91 Å². The average Bonchev–Trinajstić information content (AvgIpc) is 2.39. The Labute approximate surface area is 111 Å². The zero-order valence-corrected chi connectivity index (χ0v) is 11.7. The molecule has 2 rings (SSSR count). The van der Waals surface area contributed by atoms with Crippen LogP contribution in [-0.2, 0) is 0 Å². The third-order valence-electron chi connectivity index (χ3n) is 3.57. The smallest absolute Gasteiger partial charge is 0.253 e. The van der Waals surface area contributed by atoms with E-state index in [0.29, 0.717) is 0 Å². The number of likely N-dealkylation sites (tertiary alicyclic amines) is 1. The molecule has 1 aliphatic heterocycles. The van der Waals surface area contributed by atoms with Gasteiger partial charge in [-0.05, 0) is 43.0 Å². The number of carbonyl (C=O) groups is 1. The second kappa shape index (κ2) is 5.67. The summed E-state index contributed by atoms with van der Waals surface area (Å²) in [5.74, 6) is 0.982. The molecule has 0 spiro atoms. The highest BCUT2D eigenvalue weighted by Gasteiger charge is 2.22. The van der Waals surface area contributed by atoms with Crippen molar-refractivity contribution in [1.29, 1.82) is 0 Å². The zero-order chi connectivity index (χ0) is 12.3. The quantitative estimate of drug-likeness (QED) is 0.814. The van der Waals surface area contributed by atoms with Crippen LogP contribution in [-0.4, -0.2) is 23.9 Å². The molecule has 0 N–H and O–H groups in total. The summed E-state index contributed by atoms with van der Waals surface area (Å²) in [6.45, 7) is 4.05. The number of nitrogens with zero attached hydrogens (tertiary/aromatic N) is 1. The number of hydrogen-bond acceptors (Lipinski definition) is 1. The molecule has 1 aliphatic rings. The van der Waals surface area contributed by atoms with Gasteiger partial charge in [0.05, 0.1) is 0 Å². The number of amides is 1. The van der Waals surface area contributed by atoms with Crippen molar-refractivity contribution >= 4 is 21.8 Å². The van der Waals surface area contributed by atoms with Crippen LogP contribution in [0.4, 0.5) is 0 Å². The van der Waals surface area contributed by atoms with Gasteiger partial charge in [-0.3, -0.25) is 4.79 Å². The van der Waals surface area contributed by atoms with E-state index in [1.807, 2.05) is 29.2 Å². The van der Waals surface area contributed by atoms with Crippen molar-refractivity contribution in [1.82, 2.24) is 4.90 Å². The highest BCUT2D eigenvalue weighted by Crippen LogP contribution is 2.21. The molecule has 1 saturated heterocycles. The molecule has 0 saturated carbocycles. The second-order valence-electron chi connectivity index (χ2n) is 4.65. The SMILES string of the molecule is CCC1CCN(C(=O)c2ccc(Br)cc2)CC1. The summed E-state index contributed by atoms with van der Waals surface area (Å²) in [4.78, 5) is 14.2. The Kier molecular flexibility index (Phi) is 4.21. The van der Waals surface area contributed by atoms with E-state index >= 15 is 0 Å². The van der Waals surface area contributed by atoms with Crippen molar-refractivity contribution in [2.24, 2.45) is 5.92 Å². The van der Waals surface area contributed by atoms with Crippen molar-refractivity contribution in [3.63, 3.8) is 0 Å². The topological polar surface area (TPSA) is 20.3 Å². The van der Waals surface area contributed by atoms with Crippen LogP contribution >= 0.6 is 15.9 Å². The van der Waals surface area contributed by atoms with Crippen LogP contribution in [0.5, 0.6) is 0 Å².